The molecule has 0 aliphatic heterocycles. The molecular formula is C17H17ClN2O. The number of methoxy groups -OCH3 is 1. The van der Waals surface area contributed by atoms with Crippen molar-refractivity contribution in [2.75, 3.05) is 7.11 Å². The summed E-state index contributed by atoms with van der Waals surface area (Å²) in [5.41, 5.74) is 5.48. The number of aryl methyl sites for hydroxylation is 2. The van der Waals surface area contributed by atoms with Crippen molar-refractivity contribution in [3.05, 3.63) is 53.3 Å². The van der Waals surface area contributed by atoms with Gasteiger partial charge < -0.3 is 4.74 Å². The maximum absolute atomic E-state index is 6.10. The van der Waals surface area contributed by atoms with E-state index >= 15 is 0 Å². The fourth-order valence-electron chi connectivity index (χ4n) is 2.65. The Morgan fingerprint density at radius 2 is 1.95 bits per heavy atom. The van der Waals surface area contributed by atoms with Crippen molar-refractivity contribution < 1.29 is 4.74 Å². The van der Waals surface area contributed by atoms with Crippen LogP contribution in [0.1, 0.15) is 17.0 Å². The van der Waals surface area contributed by atoms with Gasteiger partial charge in [0.2, 0.25) is 0 Å². The lowest BCUT2D eigenvalue weighted by molar-refractivity contribution is 0.415. The Kier molecular flexibility index (Phi) is 3.60. The number of halogens is 1. The van der Waals surface area contributed by atoms with Crippen molar-refractivity contribution in [1.82, 2.24) is 9.55 Å². The van der Waals surface area contributed by atoms with E-state index in [2.05, 4.69) is 41.6 Å². The van der Waals surface area contributed by atoms with Crippen LogP contribution in [0.5, 0.6) is 5.75 Å². The minimum absolute atomic E-state index is 0.365. The van der Waals surface area contributed by atoms with Crippen LogP contribution in [0.25, 0.3) is 16.7 Å². The third kappa shape index (κ3) is 2.38. The lowest BCUT2D eigenvalue weighted by Gasteiger charge is -2.12. The highest BCUT2D eigenvalue weighted by Crippen LogP contribution is 2.28. The van der Waals surface area contributed by atoms with E-state index in [1.165, 1.54) is 11.1 Å². The Bertz CT molecular complexity index is 808. The van der Waals surface area contributed by atoms with Crippen LogP contribution in [0, 0.1) is 13.8 Å². The predicted molar refractivity (Wildman–Crippen MR) is 86.7 cm³/mol. The molecule has 0 N–H and O–H groups in total. The monoisotopic (exact) mass is 300 g/mol. The zero-order valence-electron chi connectivity index (χ0n) is 12.4. The number of imidazole rings is 1. The van der Waals surface area contributed by atoms with Crippen LogP contribution < -0.4 is 4.74 Å². The molecule has 0 saturated carbocycles. The van der Waals surface area contributed by atoms with Crippen molar-refractivity contribution in [2.45, 2.75) is 19.7 Å². The molecule has 0 aliphatic carbocycles. The topological polar surface area (TPSA) is 27.1 Å². The number of hydrogen-bond donors (Lipinski definition) is 0. The van der Waals surface area contributed by atoms with E-state index in [1.807, 2.05) is 18.2 Å². The van der Waals surface area contributed by atoms with Crippen LogP contribution in [0.15, 0.2) is 36.4 Å². The molecule has 0 bridgehead atoms. The van der Waals surface area contributed by atoms with Gasteiger partial charge in [0.15, 0.2) is 0 Å². The van der Waals surface area contributed by atoms with Gasteiger partial charge in [-0.2, -0.15) is 0 Å². The molecule has 0 fully saturated rings. The molecule has 21 heavy (non-hydrogen) atoms. The lowest BCUT2D eigenvalue weighted by Crippen LogP contribution is -2.02. The lowest BCUT2D eigenvalue weighted by atomic mass is 10.1. The minimum atomic E-state index is 0.365. The maximum Gasteiger partial charge on any atom is 0.129 e. The van der Waals surface area contributed by atoms with E-state index in [-0.39, 0.29) is 0 Å². The van der Waals surface area contributed by atoms with Crippen molar-refractivity contribution in [3.63, 3.8) is 0 Å². The number of hydrogen-bond acceptors (Lipinski definition) is 2. The van der Waals surface area contributed by atoms with Gasteiger partial charge in [0.25, 0.3) is 0 Å². The Morgan fingerprint density at radius 3 is 2.62 bits per heavy atom. The summed E-state index contributed by atoms with van der Waals surface area (Å²) in [5, 5.41) is 0. The van der Waals surface area contributed by atoms with Gasteiger partial charge in [-0.25, -0.2) is 4.98 Å². The quantitative estimate of drug-likeness (QED) is 0.671. The molecule has 0 atom stereocenters. The summed E-state index contributed by atoms with van der Waals surface area (Å²) in [7, 11) is 1.67. The number of benzene rings is 2. The Morgan fingerprint density at radius 1 is 1.14 bits per heavy atom. The largest absolute Gasteiger partial charge is 0.497 e. The first-order chi connectivity index (χ1) is 10.1. The normalized spacial score (nSPS) is 11.0. The number of alkyl halides is 1. The van der Waals surface area contributed by atoms with Crippen molar-refractivity contribution in [2.24, 2.45) is 0 Å². The third-order valence-electron chi connectivity index (χ3n) is 3.64. The van der Waals surface area contributed by atoms with Gasteiger partial charge in [0, 0.05) is 6.07 Å². The van der Waals surface area contributed by atoms with Crippen LogP contribution in [-0.4, -0.2) is 16.7 Å². The van der Waals surface area contributed by atoms with Crippen molar-refractivity contribution in [1.29, 1.82) is 0 Å². The average Bonchev–Trinajstić information content (AvgIpc) is 2.84. The maximum atomic E-state index is 6.10. The molecule has 0 unspecified atom stereocenters. The third-order valence-corrected chi connectivity index (χ3v) is 3.88. The highest BCUT2D eigenvalue weighted by molar-refractivity contribution is 6.17. The molecular weight excluding hydrogens is 284 g/mol. The summed E-state index contributed by atoms with van der Waals surface area (Å²) in [4.78, 5) is 4.62. The molecule has 3 nitrogen and oxygen atoms in total. The molecule has 0 aliphatic rings. The Labute approximate surface area is 129 Å². The second-order valence-corrected chi connectivity index (χ2v) is 5.41. The number of ether oxygens (including phenoxy) is 1. The minimum Gasteiger partial charge on any atom is -0.497 e. The van der Waals surface area contributed by atoms with Gasteiger partial charge in [-0.05, 0) is 37.6 Å². The zero-order valence-corrected chi connectivity index (χ0v) is 13.1. The van der Waals surface area contributed by atoms with E-state index in [9.17, 15) is 0 Å². The molecule has 108 valence electrons. The molecule has 0 radical (unpaired) electrons. The second-order valence-electron chi connectivity index (χ2n) is 5.14. The average molecular weight is 301 g/mol. The molecule has 0 amide bonds. The zero-order chi connectivity index (χ0) is 15.0. The molecule has 1 aromatic heterocycles. The number of rotatable bonds is 3. The summed E-state index contributed by atoms with van der Waals surface area (Å²) >= 11 is 6.10. The van der Waals surface area contributed by atoms with Crippen molar-refractivity contribution >= 4 is 22.6 Å². The Hall–Kier alpha value is -2.00. The highest BCUT2D eigenvalue weighted by atomic mass is 35.5. The highest BCUT2D eigenvalue weighted by Gasteiger charge is 2.14. The number of fused-ring (bicyclic) bond motifs is 1. The van der Waals surface area contributed by atoms with Gasteiger partial charge in [-0.15, -0.1) is 11.6 Å². The predicted octanol–water partition coefficient (Wildman–Crippen LogP) is 4.39. The van der Waals surface area contributed by atoms with Crippen LogP contribution in [0.4, 0.5) is 0 Å². The fourth-order valence-corrected chi connectivity index (χ4v) is 2.83. The summed E-state index contributed by atoms with van der Waals surface area (Å²) in [5.74, 6) is 2.02. The molecule has 2 aromatic carbocycles. The molecule has 3 aromatic rings. The summed E-state index contributed by atoms with van der Waals surface area (Å²) in [6.07, 6.45) is 0. The first kappa shape index (κ1) is 14.0. The smallest absolute Gasteiger partial charge is 0.129 e. The van der Waals surface area contributed by atoms with E-state index < -0.39 is 0 Å². The van der Waals surface area contributed by atoms with E-state index in [0.29, 0.717) is 5.88 Å². The van der Waals surface area contributed by atoms with Crippen molar-refractivity contribution in [3.8, 4) is 11.4 Å². The van der Waals surface area contributed by atoms with Crippen LogP contribution in [0.2, 0.25) is 0 Å². The van der Waals surface area contributed by atoms with Gasteiger partial charge >= 0.3 is 0 Å². The molecule has 3 rings (SSSR count). The van der Waals surface area contributed by atoms with Gasteiger partial charge in [-0.1, -0.05) is 17.7 Å². The first-order valence-corrected chi connectivity index (χ1v) is 7.36. The number of aromatic nitrogens is 2. The standard InChI is InChI=1S/C17H17ClN2O/c1-11-4-7-15(12(2)8-11)20-16-9-13(21-3)5-6-14(16)19-17(20)10-18/h4-9H,10H2,1-3H3. The van der Waals surface area contributed by atoms with Gasteiger partial charge in [-0.3, -0.25) is 4.57 Å². The van der Waals surface area contributed by atoms with E-state index in [4.69, 9.17) is 16.3 Å². The van der Waals surface area contributed by atoms with Gasteiger partial charge in [0.1, 0.15) is 11.6 Å². The summed E-state index contributed by atoms with van der Waals surface area (Å²) < 4.78 is 7.44. The van der Waals surface area contributed by atoms with Crippen LogP contribution >= 0.6 is 11.6 Å². The van der Waals surface area contributed by atoms with Gasteiger partial charge in [0.05, 0.1) is 29.7 Å². The molecule has 0 saturated heterocycles. The van der Waals surface area contributed by atoms with E-state index in [0.717, 1.165) is 28.3 Å². The van der Waals surface area contributed by atoms with E-state index in [1.54, 1.807) is 7.11 Å². The summed E-state index contributed by atoms with van der Waals surface area (Å²) in [6.45, 7) is 4.20. The SMILES string of the molecule is COc1ccc2nc(CCl)n(-c3ccc(C)cc3C)c2c1. The van der Waals surface area contributed by atoms with Crippen LogP contribution in [0.3, 0.4) is 0 Å². The first-order valence-electron chi connectivity index (χ1n) is 6.83. The second kappa shape index (κ2) is 5.41. The molecule has 0 spiro atoms. The molecule has 1 heterocycles. The Balaban J connectivity index is 2.33. The fraction of sp³-hybridized carbons (Fsp3) is 0.235. The number of nitrogens with zero attached hydrogens (tertiary/aromatic N) is 2. The molecule has 4 heteroatoms. The van der Waals surface area contributed by atoms with Crippen LogP contribution in [-0.2, 0) is 5.88 Å². The summed E-state index contributed by atoms with van der Waals surface area (Å²) in [6, 6.07) is 12.3.